The average molecular weight is 335 g/mol. The van der Waals surface area contributed by atoms with Crippen LogP contribution in [0.25, 0.3) is 5.65 Å². The van der Waals surface area contributed by atoms with E-state index in [1.807, 2.05) is 0 Å². The number of aromatic nitrogens is 3. The van der Waals surface area contributed by atoms with Crippen LogP contribution in [0.4, 0.5) is 24.5 Å². The predicted octanol–water partition coefficient (Wildman–Crippen LogP) is 2.96. The summed E-state index contributed by atoms with van der Waals surface area (Å²) in [6.07, 6.45) is -1.16. The third-order valence-electron chi connectivity index (χ3n) is 3.12. The fourth-order valence-corrected chi connectivity index (χ4v) is 2.07. The van der Waals surface area contributed by atoms with Gasteiger partial charge in [-0.1, -0.05) is 12.1 Å². The van der Waals surface area contributed by atoms with Crippen molar-refractivity contribution < 1.29 is 18.0 Å². The Kier molecular flexibility index (Phi) is 4.07. The maximum absolute atomic E-state index is 12.3. The summed E-state index contributed by atoms with van der Waals surface area (Å²) in [4.78, 5) is 16.3. The van der Waals surface area contributed by atoms with Gasteiger partial charge in [-0.2, -0.15) is 18.3 Å². The Hall–Kier alpha value is -3.10. The number of carbonyl (C=O) groups is 1. The number of rotatable bonds is 4. The second-order valence-corrected chi connectivity index (χ2v) is 4.92. The lowest BCUT2D eigenvalue weighted by Gasteiger charge is -2.13. The van der Waals surface area contributed by atoms with Gasteiger partial charge in [-0.05, 0) is 18.2 Å². The van der Waals surface area contributed by atoms with Gasteiger partial charge in [0.1, 0.15) is 6.54 Å². The number of anilines is 2. The van der Waals surface area contributed by atoms with E-state index in [0.717, 1.165) is 0 Å². The second kappa shape index (κ2) is 6.19. The zero-order valence-corrected chi connectivity index (χ0v) is 12.2. The lowest BCUT2D eigenvalue weighted by Crippen LogP contribution is -2.22. The van der Waals surface area contributed by atoms with E-state index in [1.54, 1.807) is 30.6 Å². The van der Waals surface area contributed by atoms with E-state index >= 15 is 0 Å². The zero-order valence-electron chi connectivity index (χ0n) is 12.2. The van der Waals surface area contributed by atoms with E-state index in [-0.39, 0.29) is 17.1 Å². The molecule has 3 rings (SSSR count). The number of carbonyl (C=O) groups excluding carboxylic acids is 1. The van der Waals surface area contributed by atoms with Crippen molar-refractivity contribution in [3.63, 3.8) is 0 Å². The highest BCUT2D eigenvalue weighted by molar-refractivity contribution is 6.05. The van der Waals surface area contributed by atoms with Crippen molar-refractivity contribution in [1.82, 2.24) is 14.6 Å². The first-order valence-electron chi connectivity index (χ1n) is 6.94. The Morgan fingerprint density at radius 1 is 1.17 bits per heavy atom. The first kappa shape index (κ1) is 15.8. The van der Waals surface area contributed by atoms with Gasteiger partial charge in [0.2, 0.25) is 0 Å². The van der Waals surface area contributed by atoms with Crippen molar-refractivity contribution in [2.75, 3.05) is 17.2 Å². The normalized spacial score (nSPS) is 11.5. The topological polar surface area (TPSA) is 71.3 Å². The highest BCUT2D eigenvalue weighted by atomic mass is 19.4. The van der Waals surface area contributed by atoms with Gasteiger partial charge < -0.3 is 10.6 Å². The van der Waals surface area contributed by atoms with Gasteiger partial charge in [-0.15, -0.1) is 0 Å². The number of hydrogen-bond donors (Lipinski definition) is 2. The molecule has 2 aromatic heterocycles. The van der Waals surface area contributed by atoms with Gasteiger partial charge in [0.15, 0.2) is 11.3 Å². The number of halogens is 3. The lowest BCUT2D eigenvalue weighted by atomic mass is 10.2. The van der Waals surface area contributed by atoms with Gasteiger partial charge in [0, 0.05) is 18.5 Å². The Morgan fingerprint density at radius 3 is 2.62 bits per heavy atom. The molecule has 0 unspecified atom stereocenters. The smallest absolute Gasteiger partial charge is 0.375 e. The van der Waals surface area contributed by atoms with E-state index in [9.17, 15) is 18.0 Å². The summed E-state index contributed by atoms with van der Waals surface area (Å²) in [5.41, 5.74) is 1.01. The van der Waals surface area contributed by atoms with E-state index in [2.05, 4.69) is 20.7 Å². The van der Waals surface area contributed by atoms with Crippen molar-refractivity contribution in [2.45, 2.75) is 6.18 Å². The number of nitrogens with zero attached hydrogens (tertiary/aromatic N) is 3. The molecular formula is C15H12F3N5O. The van der Waals surface area contributed by atoms with Gasteiger partial charge in [-0.3, -0.25) is 4.79 Å². The number of para-hydroxylation sites is 2. The maximum atomic E-state index is 12.3. The average Bonchev–Trinajstić information content (AvgIpc) is 2.97. The van der Waals surface area contributed by atoms with Crippen LogP contribution >= 0.6 is 0 Å². The van der Waals surface area contributed by atoms with E-state index < -0.39 is 18.6 Å². The summed E-state index contributed by atoms with van der Waals surface area (Å²) >= 11 is 0. The van der Waals surface area contributed by atoms with Crippen molar-refractivity contribution >= 4 is 22.9 Å². The molecule has 2 heterocycles. The molecule has 0 bridgehead atoms. The van der Waals surface area contributed by atoms with Crippen LogP contribution in [0.5, 0.6) is 0 Å². The quantitative estimate of drug-likeness (QED) is 0.769. The van der Waals surface area contributed by atoms with Crippen LogP contribution in [0.1, 0.15) is 10.5 Å². The summed E-state index contributed by atoms with van der Waals surface area (Å²) in [5.74, 6) is -0.540. The fraction of sp³-hybridized carbons (Fsp3) is 0.133. The van der Waals surface area contributed by atoms with Crippen LogP contribution in [-0.2, 0) is 0 Å². The second-order valence-electron chi connectivity index (χ2n) is 4.92. The van der Waals surface area contributed by atoms with Crippen LogP contribution in [0.2, 0.25) is 0 Å². The molecule has 1 amide bonds. The highest BCUT2D eigenvalue weighted by Crippen LogP contribution is 2.24. The minimum atomic E-state index is -4.36. The molecule has 3 aromatic rings. The number of alkyl halides is 3. The third-order valence-corrected chi connectivity index (χ3v) is 3.12. The summed E-state index contributed by atoms with van der Waals surface area (Å²) in [6.45, 7) is -1.20. The number of hydrogen-bond acceptors (Lipinski definition) is 4. The highest BCUT2D eigenvalue weighted by Gasteiger charge is 2.27. The molecule has 2 N–H and O–H groups in total. The summed E-state index contributed by atoms with van der Waals surface area (Å²) in [6, 6.07) is 9.29. The molecule has 24 heavy (non-hydrogen) atoms. The monoisotopic (exact) mass is 335 g/mol. The van der Waals surface area contributed by atoms with Gasteiger partial charge >= 0.3 is 6.18 Å². The molecule has 124 valence electrons. The van der Waals surface area contributed by atoms with Gasteiger partial charge in [0.25, 0.3) is 5.91 Å². The number of fused-ring (bicyclic) bond motifs is 1. The molecule has 0 aliphatic carbocycles. The van der Waals surface area contributed by atoms with E-state index in [4.69, 9.17) is 0 Å². The molecule has 0 saturated heterocycles. The molecule has 0 aliphatic rings. The fourth-order valence-electron chi connectivity index (χ4n) is 2.07. The number of amides is 1. The lowest BCUT2D eigenvalue weighted by molar-refractivity contribution is -0.115. The van der Waals surface area contributed by atoms with Crippen LogP contribution in [-0.4, -0.2) is 33.2 Å². The number of benzene rings is 1. The van der Waals surface area contributed by atoms with E-state index in [1.165, 1.54) is 22.7 Å². The molecule has 0 radical (unpaired) electrons. The zero-order chi connectivity index (χ0) is 17.2. The largest absolute Gasteiger partial charge is 0.405 e. The van der Waals surface area contributed by atoms with Crippen LogP contribution < -0.4 is 10.6 Å². The Morgan fingerprint density at radius 2 is 1.92 bits per heavy atom. The standard InChI is InChI=1S/C15H12F3N5O/c16-15(17,18)9-20-10-4-1-2-5-11(10)21-14(24)12-8-13-19-6-3-7-23(13)22-12/h1-8,20H,9H2,(H,21,24). The van der Waals surface area contributed by atoms with E-state index in [0.29, 0.717) is 5.65 Å². The molecule has 1 aromatic carbocycles. The molecular weight excluding hydrogens is 323 g/mol. The third kappa shape index (κ3) is 3.62. The van der Waals surface area contributed by atoms with Crippen molar-refractivity contribution in [3.05, 3.63) is 54.5 Å². The van der Waals surface area contributed by atoms with Crippen LogP contribution in [0.15, 0.2) is 48.8 Å². The minimum Gasteiger partial charge on any atom is -0.375 e. The predicted molar refractivity (Wildman–Crippen MR) is 81.9 cm³/mol. The summed E-state index contributed by atoms with van der Waals surface area (Å²) in [5, 5.41) is 8.88. The molecule has 0 saturated carbocycles. The first-order valence-corrected chi connectivity index (χ1v) is 6.94. The SMILES string of the molecule is O=C(Nc1ccccc1NCC(F)(F)F)c1cc2ncccn2n1. The molecule has 0 fully saturated rings. The molecule has 9 heteroatoms. The molecule has 6 nitrogen and oxygen atoms in total. The van der Waals surface area contributed by atoms with Crippen molar-refractivity contribution in [2.24, 2.45) is 0 Å². The first-order chi connectivity index (χ1) is 11.4. The Bertz CT molecular complexity index is 842. The number of nitrogens with one attached hydrogen (secondary N) is 2. The summed E-state index contributed by atoms with van der Waals surface area (Å²) in [7, 11) is 0. The van der Waals surface area contributed by atoms with Crippen LogP contribution in [0.3, 0.4) is 0 Å². The molecule has 0 spiro atoms. The van der Waals surface area contributed by atoms with Gasteiger partial charge in [0.05, 0.1) is 11.4 Å². The minimum absolute atomic E-state index is 0.110. The Labute approximate surface area is 134 Å². The van der Waals surface area contributed by atoms with Crippen LogP contribution in [0, 0.1) is 0 Å². The van der Waals surface area contributed by atoms with Gasteiger partial charge in [-0.25, -0.2) is 9.50 Å². The molecule has 0 aliphatic heterocycles. The Balaban J connectivity index is 1.79. The van der Waals surface area contributed by atoms with Crippen molar-refractivity contribution in [3.8, 4) is 0 Å². The maximum Gasteiger partial charge on any atom is 0.405 e. The molecule has 0 atom stereocenters. The summed E-state index contributed by atoms with van der Waals surface area (Å²) < 4.78 is 38.5. The van der Waals surface area contributed by atoms with Crippen molar-refractivity contribution in [1.29, 1.82) is 0 Å².